The maximum atomic E-state index is 12.6. The van der Waals surface area contributed by atoms with Gasteiger partial charge >= 0.3 is 0 Å². The van der Waals surface area contributed by atoms with Gasteiger partial charge in [-0.15, -0.1) is 0 Å². The van der Waals surface area contributed by atoms with Crippen molar-refractivity contribution in [1.29, 1.82) is 0 Å². The number of ether oxygens (including phenoxy) is 1. The highest BCUT2D eigenvalue weighted by Gasteiger charge is 2.30. The number of hydrogen-bond donors (Lipinski definition) is 2. The molecule has 0 saturated carbocycles. The van der Waals surface area contributed by atoms with E-state index in [1.807, 2.05) is 18.2 Å². The Labute approximate surface area is 140 Å². The summed E-state index contributed by atoms with van der Waals surface area (Å²) in [5.74, 6) is -0.129. The molecule has 2 aromatic rings. The lowest BCUT2D eigenvalue weighted by molar-refractivity contribution is -0.126. The van der Waals surface area contributed by atoms with Crippen LogP contribution in [0.3, 0.4) is 0 Å². The Bertz CT molecular complexity index is 746. The van der Waals surface area contributed by atoms with Crippen molar-refractivity contribution in [2.24, 2.45) is 0 Å². The molecule has 6 nitrogen and oxygen atoms in total. The van der Waals surface area contributed by atoms with E-state index >= 15 is 0 Å². The molecule has 1 aromatic heterocycles. The average molecular weight is 325 g/mol. The molecule has 24 heavy (non-hydrogen) atoms. The van der Waals surface area contributed by atoms with Gasteiger partial charge in [-0.2, -0.15) is 0 Å². The number of carbonyl (C=O) groups excluding carboxylic acids is 2. The predicted octanol–water partition coefficient (Wildman–Crippen LogP) is 1.87. The van der Waals surface area contributed by atoms with E-state index in [0.29, 0.717) is 18.0 Å². The summed E-state index contributed by atoms with van der Waals surface area (Å²) < 4.78 is 5.22. The van der Waals surface area contributed by atoms with Crippen LogP contribution in [0.4, 0.5) is 5.69 Å². The van der Waals surface area contributed by atoms with Crippen molar-refractivity contribution in [3.8, 4) is 5.75 Å². The summed E-state index contributed by atoms with van der Waals surface area (Å²) in [5, 5.41) is 5.72. The topological polar surface area (TPSA) is 80.3 Å². The highest BCUT2D eigenvalue weighted by atomic mass is 16.5. The van der Waals surface area contributed by atoms with Crippen LogP contribution in [0.1, 0.15) is 23.5 Å². The molecule has 2 amide bonds. The fourth-order valence-electron chi connectivity index (χ4n) is 2.80. The number of carbonyl (C=O) groups is 2. The Hall–Kier alpha value is -2.89. The second-order valence-corrected chi connectivity index (χ2v) is 5.65. The van der Waals surface area contributed by atoms with Crippen molar-refractivity contribution in [2.75, 3.05) is 19.0 Å². The van der Waals surface area contributed by atoms with Gasteiger partial charge in [0.15, 0.2) is 0 Å². The average Bonchev–Trinajstić information content (AvgIpc) is 2.61. The lowest BCUT2D eigenvalue weighted by Crippen LogP contribution is -2.36. The number of anilines is 1. The summed E-state index contributed by atoms with van der Waals surface area (Å²) in [6, 6.07) is 9.17. The van der Waals surface area contributed by atoms with E-state index in [4.69, 9.17) is 4.74 Å². The molecule has 124 valence electrons. The third-order valence-corrected chi connectivity index (χ3v) is 4.08. The monoisotopic (exact) mass is 325 g/mol. The molecule has 1 aliphatic heterocycles. The standard InChI is InChI=1S/C18H19N3O3/c1-24-13-2-3-16-14(10-13)15(11-17(22)21-16)18(23)20-9-6-12-4-7-19-8-5-12/h2-5,7-8,10,15H,6,9,11H2,1H3,(H,20,23)(H,21,22)/t15-/m1/s1. The summed E-state index contributed by atoms with van der Waals surface area (Å²) >= 11 is 0. The molecule has 0 radical (unpaired) electrons. The van der Waals surface area contributed by atoms with Crippen LogP contribution in [-0.4, -0.2) is 30.5 Å². The first-order valence-corrected chi connectivity index (χ1v) is 7.82. The Morgan fingerprint density at radius 2 is 2.12 bits per heavy atom. The van der Waals surface area contributed by atoms with Crippen molar-refractivity contribution >= 4 is 17.5 Å². The lowest BCUT2D eigenvalue weighted by Gasteiger charge is -2.25. The molecule has 0 fully saturated rings. The summed E-state index contributed by atoms with van der Waals surface area (Å²) in [7, 11) is 1.58. The smallest absolute Gasteiger partial charge is 0.228 e. The number of benzene rings is 1. The molecular formula is C18H19N3O3. The van der Waals surface area contributed by atoms with Crippen molar-refractivity contribution in [1.82, 2.24) is 10.3 Å². The van der Waals surface area contributed by atoms with Gasteiger partial charge in [0.1, 0.15) is 5.75 Å². The zero-order valence-electron chi connectivity index (χ0n) is 13.4. The number of rotatable bonds is 5. The van der Waals surface area contributed by atoms with Gasteiger partial charge < -0.3 is 15.4 Å². The van der Waals surface area contributed by atoms with E-state index in [1.54, 1.807) is 31.6 Å². The third kappa shape index (κ3) is 3.53. The van der Waals surface area contributed by atoms with Crippen LogP contribution in [0.2, 0.25) is 0 Å². The van der Waals surface area contributed by atoms with Gasteiger partial charge in [0, 0.05) is 31.0 Å². The van der Waals surface area contributed by atoms with Crippen LogP contribution in [0, 0.1) is 0 Å². The first-order chi connectivity index (χ1) is 11.7. The first kappa shape index (κ1) is 16.0. The molecule has 0 saturated heterocycles. The van der Waals surface area contributed by atoms with Crippen LogP contribution in [0.5, 0.6) is 5.75 Å². The van der Waals surface area contributed by atoms with Gasteiger partial charge in [-0.3, -0.25) is 14.6 Å². The van der Waals surface area contributed by atoms with Crippen LogP contribution < -0.4 is 15.4 Å². The molecule has 1 atom stereocenters. The van der Waals surface area contributed by atoms with Crippen LogP contribution >= 0.6 is 0 Å². The third-order valence-electron chi connectivity index (χ3n) is 4.08. The number of methoxy groups -OCH3 is 1. The van der Waals surface area contributed by atoms with E-state index in [1.165, 1.54) is 0 Å². The molecule has 0 bridgehead atoms. The second-order valence-electron chi connectivity index (χ2n) is 5.65. The molecule has 2 N–H and O–H groups in total. The molecular weight excluding hydrogens is 306 g/mol. The number of hydrogen-bond acceptors (Lipinski definition) is 4. The molecule has 0 spiro atoms. The molecule has 1 aromatic carbocycles. The summed E-state index contributed by atoms with van der Waals surface area (Å²) in [5.41, 5.74) is 2.56. The van der Waals surface area contributed by atoms with Crippen molar-refractivity contribution in [2.45, 2.75) is 18.8 Å². The molecule has 3 rings (SSSR count). The van der Waals surface area contributed by atoms with Crippen molar-refractivity contribution in [3.05, 3.63) is 53.9 Å². The number of nitrogens with zero attached hydrogens (tertiary/aromatic N) is 1. The second kappa shape index (κ2) is 7.12. The first-order valence-electron chi connectivity index (χ1n) is 7.82. The highest BCUT2D eigenvalue weighted by Crippen LogP contribution is 2.34. The number of aromatic nitrogens is 1. The van der Waals surface area contributed by atoms with Gasteiger partial charge in [0.25, 0.3) is 0 Å². The number of fused-ring (bicyclic) bond motifs is 1. The minimum absolute atomic E-state index is 0.140. The van der Waals surface area contributed by atoms with Crippen LogP contribution in [0.25, 0.3) is 0 Å². The molecule has 0 aliphatic carbocycles. The molecule has 6 heteroatoms. The largest absolute Gasteiger partial charge is 0.497 e. The normalized spacial score (nSPS) is 16.0. The van der Waals surface area contributed by atoms with E-state index in [9.17, 15) is 9.59 Å². The molecule has 1 aliphatic rings. The predicted molar refractivity (Wildman–Crippen MR) is 89.9 cm³/mol. The van der Waals surface area contributed by atoms with Gasteiger partial charge in [-0.05, 0) is 47.9 Å². The SMILES string of the molecule is COc1ccc2c(c1)[C@H](C(=O)NCCc1ccncc1)CC(=O)N2. The number of pyridine rings is 1. The van der Waals surface area contributed by atoms with Gasteiger partial charge in [0.05, 0.1) is 13.0 Å². The van der Waals surface area contributed by atoms with E-state index in [0.717, 1.165) is 17.5 Å². The Balaban J connectivity index is 1.69. The summed E-state index contributed by atoms with van der Waals surface area (Å²) in [6.07, 6.45) is 4.32. The Kier molecular flexibility index (Phi) is 4.74. The van der Waals surface area contributed by atoms with E-state index in [2.05, 4.69) is 15.6 Å². The lowest BCUT2D eigenvalue weighted by atomic mass is 9.89. The number of amides is 2. The molecule has 2 heterocycles. The minimum atomic E-state index is -0.499. The van der Waals surface area contributed by atoms with Crippen LogP contribution in [0.15, 0.2) is 42.7 Å². The highest BCUT2D eigenvalue weighted by molar-refractivity contribution is 6.01. The zero-order chi connectivity index (χ0) is 16.9. The zero-order valence-corrected chi connectivity index (χ0v) is 13.4. The van der Waals surface area contributed by atoms with Crippen molar-refractivity contribution in [3.63, 3.8) is 0 Å². The summed E-state index contributed by atoms with van der Waals surface area (Å²) in [6.45, 7) is 0.514. The van der Waals surface area contributed by atoms with Gasteiger partial charge in [-0.25, -0.2) is 0 Å². The minimum Gasteiger partial charge on any atom is -0.497 e. The maximum absolute atomic E-state index is 12.6. The fraction of sp³-hybridized carbons (Fsp3) is 0.278. The summed E-state index contributed by atoms with van der Waals surface area (Å²) in [4.78, 5) is 28.4. The fourth-order valence-corrected chi connectivity index (χ4v) is 2.80. The van der Waals surface area contributed by atoms with Gasteiger partial charge in [0.2, 0.25) is 11.8 Å². The van der Waals surface area contributed by atoms with Gasteiger partial charge in [-0.1, -0.05) is 0 Å². The van der Waals surface area contributed by atoms with Crippen LogP contribution in [-0.2, 0) is 16.0 Å². The van der Waals surface area contributed by atoms with E-state index < -0.39 is 5.92 Å². The quantitative estimate of drug-likeness (QED) is 0.879. The Morgan fingerprint density at radius 1 is 1.33 bits per heavy atom. The Morgan fingerprint density at radius 3 is 2.88 bits per heavy atom. The van der Waals surface area contributed by atoms with Crippen molar-refractivity contribution < 1.29 is 14.3 Å². The molecule has 0 unspecified atom stereocenters. The maximum Gasteiger partial charge on any atom is 0.228 e. The van der Waals surface area contributed by atoms with E-state index in [-0.39, 0.29) is 18.2 Å². The number of nitrogens with one attached hydrogen (secondary N) is 2.